The molecule has 0 unspecified atom stereocenters. The summed E-state index contributed by atoms with van der Waals surface area (Å²) in [4.78, 5) is 4.75. The average Bonchev–Trinajstić information content (AvgIpc) is 3.45. The summed E-state index contributed by atoms with van der Waals surface area (Å²) in [5.41, 5.74) is 2.09. The number of hydrogen-bond acceptors (Lipinski definition) is 7. The molecule has 0 amide bonds. The second-order valence-electron chi connectivity index (χ2n) is 7.09. The Labute approximate surface area is 194 Å². The Kier molecular flexibility index (Phi) is 7.51. The van der Waals surface area contributed by atoms with Gasteiger partial charge in [-0.05, 0) is 19.1 Å². The van der Waals surface area contributed by atoms with Crippen molar-refractivity contribution in [2.24, 2.45) is 0 Å². The summed E-state index contributed by atoms with van der Waals surface area (Å²) in [6, 6.07) is 16.4. The van der Waals surface area contributed by atoms with E-state index in [1.807, 2.05) is 29.7 Å². The molecular weight excluding hydrogens is 447 g/mol. The number of hydrogen-bond donors (Lipinski definition) is 0. The molecule has 4 aromatic rings. The zero-order valence-electron chi connectivity index (χ0n) is 17.8. The Morgan fingerprint density at radius 3 is 2.66 bits per heavy atom. The monoisotopic (exact) mass is 470 g/mol. The van der Waals surface area contributed by atoms with Gasteiger partial charge in [-0.15, -0.1) is 21.5 Å². The number of nitrogens with zero attached hydrogens (tertiary/aromatic N) is 4. The van der Waals surface area contributed by atoms with Gasteiger partial charge in [0.15, 0.2) is 22.5 Å². The van der Waals surface area contributed by atoms with E-state index in [2.05, 4.69) is 27.7 Å². The van der Waals surface area contributed by atoms with Gasteiger partial charge in [0.05, 0.1) is 18.3 Å². The van der Waals surface area contributed by atoms with E-state index in [1.54, 1.807) is 48.4 Å². The third-order valence-corrected chi connectivity index (χ3v) is 6.62. The Balaban J connectivity index is 1.48. The molecule has 0 bridgehead atoms. The SMILES string of the molecule is COC[C@@H](C)n1c(COc2ccccc2F)nnc1SCc1csc(-c2ccccc2)n1. The first kappa shape index (κ1) is 22.4. The van der Waals surface area contributed by atoms with E-state index in [0.29, 0.717) is 18.2 Å². The number of ether oxygens (including phenoxy) is 2. The maximum Gasteiger partial charge on any atom is 0.192 e. The van der Waals surface area contributed by atoms with Crippen LogP contribution in [-0.4, -0.2) is 33.5 Å². The zero-order valence-corrected chi connectivity index (χ0v) is 19.4. The van der Waals surface area contributed by atoms with Crippen molar-refractivity contribution in [3.8, 4) is 16.3 Å². The van der Waals surface area contributed by atoms with Crippen molar-refractivity contribution < 1.29 is 13.9 Å². The minimum absolute atomic E-state index is 0.00738. The van der Waals surface area contributed by atoms with Crippen LogP contribution in [0, 0.1) is 5.82 Å². The molecular formula is C23H23FN4O2S2. The lowest BCUT2D eigenvalue weighted by Gasteiger charge is -2.17. The van der Waals surface area contributed by atoms with Crippen molar-refractivity contribution in [2.45, 2.75) is 30.5 Å². The molecule has 0 aliphatic rings. The molecule has 2 aromatic carbocycles. The molecule has 0 aliphatic heterocycles. The minimum Gasteiger partial charge on any atom is -0.483 e. The summed E-state index contributed by atoms with van der Waals surface area (Å²) >= 11 is 3.18. The molecule has 0 spiro atoms. The van der Waals surface area contributed by atoms with Crippen LogP contribution in [0.15, 0.2) is 65.1 Å². The van der Waals surface area contributed by atoms with E-state index in [-0.39, 0.29) is 18.4 Å². The molecule has 0 radical (unpaired) electrons. The first-order valence-electron chi connectivity index (χ1n) is 10.1. The highest BCUT2D eigenvalue weighted by Crippen LogP contribution is 2.29. The molecule has 9 heteroatoms. The topological polar surface area (TPSA) is 62.1 Å². The molecule has 0 saturated carbocycles. The summed E-state index contributed by atoms with van der Waals surface area (Å²) in [5.74, 6) is 1.06. The number of methoxy groups -OCH3 is 1. The van der Waals surface area contributed by atoms with Crippen LogP contribution in [0.1, 0.15) is 24.5 Å². The van der Waals surface area contributed by atoms with Gasteiger partial charge < -0.3 is 9.47 Å². The number of thioether (sulfide) groups is 1. The van der Waals surface area contributed by atoms with Crippen LogP contribution >= 0.6 is 23.1 Å². The molecule has 2 heterocycles. The van der Waals surface area contributed by atoms with Crippen molar-refractivity contribution >= 4 is 23.1 Å². The summed E-state index contributed by atoms with van der Waals surface area (Å²) in [5, 5.41) is 12.5. The van der Waals surface area contributed by atoms with E-state index < -0.39 is 5.82 Å². The molecule has 0 fully saturated rings. The van der Waals surface area contributed by atoms with Crippen LogP contribution in [0.4, 0.5) is 4.39 Å². The van der Waals surface area contributed by atoms with Gasteiger partial charge in [-0.3, -0.25) is 4.57 Å². The molecule has 166 valence electrons. The average molecular weight is 471 g/mol. The van der Waals surface area contributed by atoms with Crippen LogP contribution in [-0.2, 0) is 17.1 Å². The molecule has 32 heavy (non-hydrogen) atoms. The van der Waals surface area contributed by atoms with Crippen molar-refractivity contribution in [1.29, 1.82) is 0 Å². The standard InChI is InChI=1S/C23H23FN4O2S2/c1-16(12-29-2)28-21(13-30-20-11-7-6-10-19(20)24)26-27-23(28)32-15-18-14-31-22(25-18)17-8-4-3-5-9-17/h3-11,14,16H,12-13,15H2,1-2H3/t16-/m1/s1. The molecule has 0 N–H and O–H groups in total. The number of rotatable bonds is 10. The number of para-hydroxylation sites is 1. The molecule has 0 aliphatic carbocycles. The van der Waals surface area contributed by atoms with E-state index >= 15 is 0 Å². The molecule has 0 saturated heterocycles. The normalized spacial score (nSPS) is 12.1. The smallest absolute Gasteiger partial charge is 0.192 e. The first-order chi connectivity index (χ1) is 15.7. The van der Waals surface area contributed by atoms with Crippen LogP contribution in [0.25, 0.3) is 10.6 Å². The summed E-state index contributed by atoms with van der Waals surface area (Å²) in [6.45, 7) is 2.63. The van der Waals surface area contributed by atoms with E-state index in [1.165, 1.54) is 6.07 Å². The predicted octanol–water partition coefficient (Wildman–Crippen LogP) is 5.62. The highest BCUT2D eigenvalue weighted by atomic mass is 32.2. The van der Waals surface area contributed by atoms with E-state index in [0.717, 1.165) is 21.4 Å². The maximum absolute atomic E-state index is 13.9. The van der Waals surface area contributed by atoms with Crippen molar-refractivity contribution in [3.05, 3.63) is 77.3 Å². The third kappa shape index (κ3) is 5.35. The number of benzene rings is 2. The fourth-order valence-electron chi connectivity index (χ4n) is 3.19. The molecule has 4 rings (SSSR count). The van der Waals surface area contributed by atoms with Crippen molar-refractivity contribution in [2.75, 3.05) is 13.7 Å². The Bertz CT molecular complexity index is 1150. The van der Waals surface area contributed by atoms with Crippen LogP contribution in [0.2, 0.25) is 0 Å². The van der Waals surface area contributed by atoms with Gasteiger partial charge in [0.25, 0.3) is 0 Å². The van der Waals surface area contributed by atoms with Crippen LogP contribution < -0.4 is 4.74 Å². The molecule has 2 aromatic heterocycles. The largest absolute Gasteiger partial charge is 0.483 e. The first-order valence-corrected chi connectivity index (χ1v) is 11.9. The summed E-state index contributed by atoms with van der Waals surface area (Å²) in [6.07, 6.45) is 0. The van der Waals surface area contributed by atoms with Gasteiger partial charge in [0, 0.05) is 23.8 Å². The fraction of sp³-hybridized carbons (Fsp3) is 0.261. The third-order valence-electron chi connectivity index (χ3n) is 4.70. The quantitative estimate of drug-likeness (QED) is 0.280. The number of aromatic nitrogens is 4. The second kappa shape index (κ2) is 10.7. The minimum atomic E-state index is -0.407. The zero-order chi connectivity index (χ0) is 22.3. The van der Waals surface area contributed by atoms with Gasteiger partial charge in [0.1, 0.15) is 11.6 Å². The Hall–Kier alpha value is -2.75. The summed E-state index contributed by atoms with van der Waals surface area (Å²) < 4.78 is 26.9. The van der Waals surface area contributed by atoms with Gasteiger partial charge in [-0.25, -0.2) is 9.37 Å². The lowest BCUT2D eigenvalue weighted by molar-refractivity contribution is 0.154. The lowest BCUT2D eigenvalue weighted by atomic mass is 10.2. The Morgan fingerprint density at radius 1 is 1.09 bits per heavy atom. The summed E-state index contributed by atoms with van der Waals surface area (Å²) in [7, 11) is 1.66. The van der Waals surface area contributed by atoms with Crippen LogP contribution in [0.5, 0.6) is 5.75 Å². The van der Waals surface area contributed by atoms with Crippen molar-refractivity contribution in [1.82, 2.24) is 19.7 Å². The maximum atomic E-state index is 13.9. The highest BCUT2D eigenvalue weighted by Gasteiger charge is 2.19. The number of halogens is 1. The van der Waals surface area contributed by atoms with Gasteiger partial charge >= 0.3 is 0 Å². The fourth-order valence-corrected chi connectivity index (χ4v) is 5.07. The van der Waals surface area contributed by atoms with Crippen LogP contribution in [0.3, 0.4) is 0 Å². The number of thiazole rings is 1. The van der Waals surface area contributed by atoms with E-state index in [9.17, 15) is 4.39 Å². The highest BCUT2D eigenvalue weighted by molar-refractivity contribution is 7.98. The molecule has 1 atom stereocenters. The van der Waals surface area contributed by atoms with Gasteiger partial charge in [-0.1, -0.05) is 54.2 Å². The van der Waals surface area contributed by atoms with Crippen molar-refractivity contribution in [3.63, 3.8) is 0 Å². The molecule has 6 nitrogen and oxygen atoms in total. The second-order valence-corrected chi connectivity index (χ2v) is 8.89. The predicted molar refractivity (Wildman–Crippen MR) is 124 cm³/mol. The lowest BCUT2D eigenvalue weighted by Crippen LogP contribution is -2.16. The van der Waals surface area contributed by atoms with Gasteiger partial charge in [-0.2, -0.15) is 0 Å². The van der Waals surface area contributed by atoms with Gasteiger partial charge in [0.2, 0.25) is 0 Å². The Morgan fingerprint density at radius 2 is 1.88 bits per heavy atom. The van der Waals surface area contributed by atoms with E-state index in [4.69, 9.17) is 14.5 Å².